The zero-order valence-electron chi connectivity index (χ0n) is 12.0. The van der Waals surface area contributed by atoms with Crippen LogP contribution in [0.15, 0.2) is 12.3 Å². The first kappa shape index (κ1) is 15.2. The number of carboxylic acids is 1. The smallest absolute Gasteiger partial charge is 0.341 e. The Kier molecular flexibility index (Phi) is 4.40. The van der Waals surface area contributed by atoms with E-state index >= 15 is 0 Å². The Labute approximate surface area is 122 Å². The number of hydrogen-bond acceptors (Lipinski definition) is 5. The fourth-order valence-electron chi connectivity index (χ4n) is 2.92. The quantitative estimate of drug-likeness (QED) is 0.676. The van der Waals surface area contributed by atoms with Gasteiger partial charge in [0.25, 0.3) is 5.69 Å². The van der Waals surface area contributed by atoms with Crippen LogP contribution in [0.4, 0.5) is 5.69 Å². The predicted molar refractivity (Wildman–Crippen MR) is 74.4 cm³/mol. The third-order valence-electron chi connectivity index (χ3n) is 3.69. The van der Waals surface area contributed by atoms with Gasteiger partial charge in [-0.2, -0.15) is 0 Å². The van der Waals surface area contributed by atoms with Crippen molar-refractivity contribution in [2.45, 2.75) is 39.2 Å². The van der Waals surface area contributed by atoms with Crippen LogP contribution in [-0.4, -0.2) is 27.1 Å². The van der Waals surface area contributed by atoms with Crippen molar-refractivity contribution in [2.24, 2.45) is 11.8 Å². The van der Waals surface area contributed by atoms with Crippen molar-refractivity contribution < 1.29 is 19.6 Å². The van der Waals surface area contributed by atoms with Crippen molar-refractivity contribution in [1.29, 1.82) is 0 Å². The maximum Gasteiger partial charge on any atom is 0.341 e. The van der Waals surface area contributed by atoms with Crippen LogP contribution in [0.5, 0.6) is 5.88 Å². The third-order valence-corrected chi connectivity index (χ3v) is 3.69. The van der Waals surface area contributed by atoms with Gasteiger partial charge in [-0.3, -0.25) is 10.1 Å². The minimum absolute atomic E-state index is 0.0422. The molecule has 0 spiro atoms. The summed E-state index contributed by atoms with van der Waals surface area (Å²) < 4.78 is 5.71. The number of aromatic carboxylic acids is 1. The Morgan fingerprint density at radius 2 is 2.00 bits per heavy atom. The molecule has 7 heteroatoms. The van der Waals surface area contributed by atoms with E-state index in [2.05, 4.69) is 18.8 Å². The topological polar surface area (TPSA) is 103 Å². The highest BCUT2D eigenvalue weighted by Crippen LogP contribution is 2.32. The van der Waals surface area contributed by atoms with E-state index < -0.39 is 10.9 Å². The van der Waals surface area contributed by atoms with Gasteiger partial charge in [0.2, 0.25) is 5.88 Å². The molecule has 1 aromatic heterocycles. The first-order valence-electron chi connectivity index (χ1n) is 6.91. The molecule has 0 saturated heterocycles. The molecule has 0 aromatic carbocycles. The number of rotatable bonds is 4. The van der Waals surface area contributed by atoms with E-state index in [1.54, 1.807) is 0 Å². The lowest BCUT2D eigenvalue weighted by Crippen LogP contribution is -2.29. The summed E-state index contributed by atoms with van der Waals surface area (Å²) in [5.41, 5.74) is -0.625. The molecule has 2 unspecified atom stereocenters. The van der Waals surface area contributed by atoms with Crippen LogP contribution < -0.4 is 4.74 Å². The molecule has 1 fully saturated rings. The summed E-state index contributed by atoms with van der Waals surface area (Å²) in [4.78, 5) is 25.1. The Morgan fingerprint density at radius 3 is 2.52 bits per heavy atom. The Balaban J connectivity index is 2.23. The van der Waals surface area contributed by atoms with Gasteiger partial charge >= 0.3 is 5.97 Å². The van der Waals surface area contributed by atoms with Crippen LogP contribution in [0, 0.1) is 22.0 Å². The number of carboxylic acid groups (broad SMARTS) is 1. The van der Waals surface area contributed by atoms with E-state index in [1.165, 1.54) is 0 Å². The number of pyridine rings is 1. The lowest BCUT2D eigenvalue weighted by Gasteiger charge is -2.31. The monoisotopic (exact) mass is 294 g/mol. The van der Waals surface area contributed by atoms with Crippen LogP contribution in [0.1, 0.15) is 43.5 Å². The second-order valence-electron chi connectivity index (χ2n) is 5.77. The van der Waals surface area contributed by atoms with Gasteiger partial charge in [-0.05, 0) is 31.1 Å². The van der Waals surface area contributed by atoms with Gasteiger partial charge in [-0.1, -0.05) is 13.8 Å². The van der Waals surface area contributed by atoms with Crippen molar-refractivity contribution in [2.75, 3.05) is 0 Å². The zero-order chi connectivity index (χ0) is 15.6. The van der Waals surface area contributed by atoms with Crippen LogP contribution in [0.3, 0.4) is 0 Å². The fraction of sp³-hybridized carbons (Fsp3) is 0.571. The number of nitrogens with zero attached hydrogens (tertiary/aromatic N) is 2. The van der Waals surface area contributed by atoms with Gasteiger partial charge in [0.1, 0.15) is 17.9 Å². The molecule has 0 bridgehead atoms. The maximum atomic E-state index is 11.2. The average molecular weight is 294 g/mol. The summed E-state index contributed by atoms with van der Waals surface area (Å²) >= 11 is 0. The number of carbonyl (C=O) groups is 1. The summed E-state index contributed by atoms with van der Waals surface area (Å²) in [5.74, 6) is -0.312. The van der Waals surface area contributed by atoms with Crippen molar-refractivity contribution in [3.05, 3.63) is 27.9 Å². The second kappa shape index (κ2) is 6.07. The highest BCUT2D eigenvalue weighted by Gasteiger charge is 2.27. The summed E-state index contributed by atoms with van der Waals surface area (Å²) in [7, 11) is 0. The van der Waals surface area contributed by atoms with E-state index in [4.69, 9.17) is 9.84 Å². The molecular formula is C14H18N2O5. The van der Waals surface area contributed by atoms with Gasteiger partial charge in [0, 0.05) is 6.07 Å². The van der Waals surface area contributed by atoms with Crippen molar-refractivity contribution in [3.63, 3.8) is 0 Å². The lowest BCUT2D eigenvalue weighted by molar-refractivity contribution is -0.385. The normalized spacial score (nSPS) is 25.3. The maximum absolute atomic E-state index is 11.2. The summed E-state index contributed by atoms with van der Waals surface area (Å²) in [5, 5.41) is 19.9. The molecule has 114 valence electrons. The minimum atomic E-state index is -1.28. The second-order valence-corrected chi connectivity index (χ2v) is 5.77. The molecule has 0 amide bonds. The number of ether oxygens (including phenoxy) is 1. The number of hydrogen-bond donors (Lipinski definition) is 1. The van der Waals surface area contributed by atoms with Gasteiger partial charge in [-0.25, -0.2) is 9.78 Å². The SMILES string of the molecule is CC1CC(C)CC(Oc2ncc([N+](=O)[O-])cc2C(=O)O)C1. The molecule has 21 heavy (non-hydrogen) atoms. The molecule has 1 aromatic rings. The Hall–Kier alpha value is -2.18. The Bertz CT molecular complexity index is 550. The fourth-order valence-corrected chi connectivity index (χ4v) is 2.92. The van der Waals surface area contributed by atoms with E-state index in [1.807, 2.05) is 0 Å². The average Bonchev–Trinajstić information content (AvgIpc) is 2.37. The first-order chi connectivity index (χ1) is 9.86. The number of aromatic nitrogens is 1. The molecule has 1 saturated carbocycles. The van der Waals surface area contributed by atoms with Gasteiger partial charge in [0.05, 0.1) is 4.92 Å². The van der Waals surface area contributed by atoms with Crippen LogP contribution >= 0.6 is 0 Å². The van der Waals surface area contributed by atoms with Gasteiger partial charge in [0.15, 0.2) is 0 Å². The van der Waals surface area contributed by atoms with Crippen molar-refractivity contribution >= 4 is 11.7 Å². The molecule has 1 aliphatic rings. The third kappa shape index (κ3) is 3.68. The van der Waals surface area contributed by atoms with E-state index in [0.29, 0.717) is 11.8 Å². The zero-order valence-corrected chi connectivity index (χ0v) is 12.0. The number of nitro groups is 1. The molecule has 1 heterocycles. The van der Waals surface area contributed by atoms with E-state index in [-0.39, 0.29) is 23.2 Å². The minimum Gasteiger partial charge on any atom is -0.477 e. The molecule has 2 rings (SSSR count). The van der Waals surface area contributed by atoms with Crippen molar-refractivity contribution in [1.82, 2.24) is 4.98 Å². The van der Waals surface area contributed by atoms with Gasteiger partial charge in [-0.15, -0.1) is 0 Å². The van der Waals surface area contributed by atoms with Crippen LogP contribution in [0.2, 0.25) is 0 Å². The van der Waals surface area contributed by atoms with Crippen molar-refractivity contribution in [3.8, 4) is 5.88 Å². The molecular weight excluding hydrogens is 276 g/mol. The first-order valence-corrected chi connectivity index (χ1v) is 6.91. The lowest BCUT2D eigenvalue weighted by atomic mass is 9.82. The summed E-state index contributed by atoms with van der Waals surface area (Å²) in [6.07, 6.45) is 3.72. The molecule has 0 radical (unpaired) electrons. The summed E-state index contributed by atoms with van der Waals surface area (Å²) in [6.45, 7) is 4.26. The summed E-state index contributed by atoms with van der Waals surface area (Å²) in [6, 6.07) is 0.986. The predicted octanol–water partition coefficient (Wildman–Crippen LogP) is 2.89. The highest BCUT2D eigenvalue weighted by molar-refractivity contribution is 5.90. The Morgan fingerprint density at radius 1 is 1.38 bits per heavy atom. The van der Waals surface area contributed by atoms with Crippen LogP contribution in [-0.2, 0) is 0 Å². The molecule has 1 N–H and O–H groups in total. The standard InChI is InChI=1S/C14H18N2O5/c1-8-3-9(2)5-11(4-8)21-13-12(14(17)18)6-10(7-15-13)16(19)20/h6-9,11H,3-5H2,1-2H3,(H,17,18). The molecule has 7 nitrogen and oxygen atoms in total. The van der Waals surface area contributed by atoms with Gasteiger partial charge < -0.3 is 9.84 Å². The van der Waals surface area contributed by atoms with E-state index in [9.17, 15) is 14.9 Å². The molecule has 2 atom stereocenters. The highest BCUT2D eigenvalue weighted by atomic mass is 16.6. The largest absolute Gasteiger partial charge is 0.477 e. The van der Waals surface area contributed by atoms with Crippen LogP contribution in [0.25, 0.3) is 0 Å². The van der Waals surface area contributed by atoms with E-state index in [0.717, 1.165) is 31.5 Å². The molecule has 1 aliphatic carbocycles. The molecule has 0 aliphatic heterocycles.